The summed E-state index contributed by atoms with van der Waals surface area (Å²) < 4.78 is 27.6. The van der Waals surface area contributed by atoms with Crippen LogP contribution in [-0.2, 0) is 37.5 Å². The number of sulfonamides is 1. The van der Waals surface area contributed by atoms with Gasteiger partial charge in [0.25, 0.3) is 11.8 Å². The van der Waals surface area contributed by atoms with E-state index in [1.807, 2.05) is 32.9 Å². The van der Waals surface area contributed by atoms with E-state index in [9.17, 15) is 27.6 Å². The fourth-order valence-corrected chi connectivity index (χ4v) is 8.97. The number of aromatic nitrogens is 1. The number of carbonyl (C=O) groups is 4. The van der Waals surface area contributed by atoms with Crippen molar-refractivity contribution in [1.82, 2.24) is 30.1 Å². The second-order valence-corrected chi connectivity index (χ2v) is 17.2. The van der Waals surface area contributed by atoms with Gasteiger partial charge in [0.2, 0.25) is 21.8 Å². The molecule has 2 aromatic carbocycles. The molecular weight excluding hydrogens is 657 g/mol. The summed E-state index contributed by atoms with van der Waals surface area (Å²) in [5, 5.41) is 7.57. The number of nitrogens with one attached hydrogen (secondary N) is 4. The predicted octanol–water partition coefficient (Wildman–Crippen LogP) is 2.97. The fourth-order valence-electron chi connectivity index (χ4n) is 7.60. The highest BCUT2D eigenvalue weighted by atomic mass is 32.2. The first-order valence-corrected chi connectivity index (χ1v) is 18.8. The summed E-state index contributed by atoms with van der Waals surface area (Å²) in [7, 11) is -3.86. The van der Waals surface area contributed by atoms with Crippen LogP contribution in [0.25, 0.3) is 10.8 Å². The lowest BCUT2D eigenvalue weighted by Gasteiger charge is -2.36. The van der Waals surface area contributed by atoms with Crippen molar-refractivity contribution >= 4 is 44.4 Å². The molecule has 2 aliphatic carbocycles. The standard InChI is InChI=1S/C37H44N6O6S/c1-5-25-18-37(25,35(47)41-50(48,49)27-14-15-27)40-33(45)29-17-26(42-19-23-11-6-9-22-10-7-12-24(20-42)30(22)23)21-43(29)34(46)31(36(2,3)4)39-32(44)28-13-8-16-38-28/h5-13,16,25-27,29,31,38H,1,14-15,17-21H2,2-4H3,(H,39,44)(H,40,45)(H,41,47)/t25-,26-,29+,31-,37-/m1/s1. The van der Waals surface area contributed by atoms with E-state index in [0.717, 1.165) is 0 Å². The summed E-state index contributed by atoms with van der Waals surface area (Å²) in [4.78, 5) is 62.4. The zero-order valence-electron chi connectivity index (χ0n) is 28.6. The summed E-state index contributed by atoms with van der Waals surface area (Å²) in [6, 6.07) is 13.6. The third-order valence-corrected chi connectivity index (χ3v) is 12.5. The molecule has 2 aliphatic heterocycles. The summed E-state index contributed by atoms with van der Waals surface area (Å²) in [6.07, 6.45) is 4.62. The Morgan fingerprint density at radius 3 is 2.26 bits per heavy atom. The zero-order valence-corrected chi connectivity index (χ0v) is 29.4. The van der Waals surface area contributed by atoms with Crippen molar-refractivity contribution in [3.8, 4) is 0 Å². The van der Waals surface area contributed by atoms with Gasteiger partial charge < -0.3 is 20.5 Å². The molecule has 7 rings (SSSR count). The van der Waals surface area contributed by atoms with Crippen LogP contribution in [0.5, 0.6) is 0 Å². The third-order valence-electron chi connectivity index (χ3n) is 10.7. The first-order chi connectivity index (χ1) is 23.7. The Labute approximate surface area is 292 Å². The number of hydrogen-bond acceptors (Lipinski definition) is 7. The largest absolute Gasteiger partial charge is 0.357 e. The number of amides is 4. The van der Waals surface area contributed by atoms with Gasteiger partial charge in [0.15, 0.2) is 0 Å². The van der Waals surface area contributed by atoms with Crippen LogP contribution in [0, 0.1) is 11.3 Å². The van der Waals surface area contributed by atoms with Crippen molar-refractivity contribution in [2.75, 3.05) is 6.54 Å². The van der Waals surface area contributed by atoms with Gasteiger partial charge in [0.05, 0.1) is 5.25 Å². The maximum Gasteiger partial charge on any atom is 0.268 e. The Hall–Kier alpha value is -4.49. The molecule has 4 amide bonds. The summed E-state index contributed by atoms with van der Waals surface area (Å²) in [6.45, 7) is 10.9. The average molecular weight is 701 g/mol. The Bertz CT molecular complexity index is 1940. The van der Waals surface area contributed by atoms with Gasteiger partial charge in [-0.25, -0.2) is 8.42 Å². The number of benzene rings is 2. The molecule has 2 saturated carbocycles. The first-order valence-electron chi connectivity index (χ1n) is 17.2. The first kappa shape index (κ1) is 34.0. The predicted molar refractivity (Wildman–Crippen MR) is 188 cm³/mol. The highest BCUT2D eigenvalue weighted by Crippen LogP contribution is 2.46. The van der Waals surface area contributed by atoms with E-state index < -0.39 is 67.9 Å². The Morgan fingerprint density at radius 1 is 1.02 bits per heavy atom. The quantitative estimate of drug-likeness (QED) is 0.237. The van der Waals surface area contributed by atoms with E-state index in [1.165, 1.54) is 26.8 Å². The highest BCUT2D eigenvalue weighted by Gasteiger charge is 2.62. The molecule has 0 spiro atoms. The van der Waals surface area contributed by atoms with E-state index in [0.29, 0.717) is 31.6 Å². The molecule has 50 heavy (non-hydrogen) atoms. The molecule has 1 aromatic heterocycles. The Balaban J connectivity index is 1.18. The second-order valence-electron chi connectivity index (χ2n) is 15.3. The lowest BCUT2D eigenvalue weighted by atomic mass is 9.85. The van der Waals surface area contributed by atoms with Gasteiger partial charge in [-0.2, -0.15) is 0 Å². The van der Waals surface area contributed by atoms with Gasteiger partial charge in [-0.1, -0.05) is 63.2 Å². The smallest absolute Gasteiger partial charge is 0.268 e. The number of nitrogens with zero attached hydrogens (tertiary/aromatic N) is 2. The van der Waals surface area contributed by atoms with E-state index in [2.05, 4.69) is 56.1 Å². The van der Waals surface area contributed by atoms with Crippen LogP contribution in [0.3, 0.4) is 0 Å². The number of hydrogen-bond donors (Lipinski definition) is 4. The Morgan fingerprint density at radius 2 is 1.70 bits per heavy atom. The van der Waals surface area contributed by atoms with E-state index in [1.54, 1.807) is 24.4 Å². The van der Waals surface area contributed by atoms with Gasteiger partial charge in [-0.05, 0) is 65.1 Å². The van der Waals surface area contributed by atoms with Gasteiger partial charge in [-0.15, -0.1) is 6.58 Å². The molecule has 13 heteroatoms. The van der Waals surface area contributed by atoms with Crippen LogP contribution < -0.4 is 15.4 Å². The lowest BCUT2D eigenvalue weighted by molar-refractivity contribution is -0.142. The van der Waals surface area contributed by atoms with Crippen molar-refractivity contribution in [2.24, 2.45) is 11.3 Å². The van der Waals surface area contributed by atoms with E-state index >= 15 is 0 Å². The van der Waals surface area contributed by atoms with Crippen LogP contribution in [0.15, 0.2) is 67.4 Å². The van der Waals surface area contributed by atoms with E-state index in [4.69, 9.17) is 0 Å². The fraction of sp³-hybridized carbons (Fsp3) is 0.459. The average Bonchev–Trinajstić information content (AvgIpc) is 3.93. The molecule has 0 unspecified atom stereocenters. The van der Waals surface area contributed by atoms with Crippen molar-refractivity contribution in [1.29, 1.82) is 0 Å². The number of rotatable bonds is 10. The molecule has 0 radical (unpaired) electrons. The second kappa shape index (κ2) is 12.4. The molecular formula is C37H44N6O6S. The van der Waals surface area contributed by atoms with Crippen LogP contribution in [0.1, 0.15) is 68.1 Å². The van der Waals surface area contributed by atoms with Crippen LogP contribution in [0.4, 0.5) is 0 Å². The maximum absolute atomic E-state index is 14.6. The van der Waals surface area contributed by atoms with Crippen LogP contribution >= 0.6 is 0 Å². The molecule has 4 aliphatic rings. The van der Waals surface area contributed by atoms with Crippen LogP contribution in [-0.4, -0.2) is 82.3 Å². The lowest BCUT2D eigenvalue weighted by Crippen LogP contribution is -2.60. The van der Waals surface area contributed by atoms with Gasteiger partial charge in [-0.3, -0.25) is 28.8 Å². The number of likely N-dealkylation sites (tertiary alicyclic amines) is 1. The van der Waals surface area contributed by atoms with Crippen molar-refractivity contribution in [3.63, 3.8) is 0 Å². The highest BCUT2D eigenvalue weighted by molar-refractivity contribution is 7.91. The molecule has 3 heterocycles. The summed E-state index contributed by atoms with van der Waals surface area (Å²) in [5.74, 6) is -2.66. The maximum atomic E-state index is 14.6. The van der Waals surface area contributed by atoms with E-state index in [-0.39, 0.29) is 25.4 Å². The molecule has 3 fully saturated rings. The minimum Gasteiger partial charge on any atom is -0.357 e. The minimum atomic E-state index is -3.86. The molecule has 4 N–H and O–H groups in total. The monoisotopic (exact) mass is 700 g/mol. The van der Waals surface area contributed by atoms with Gasteiger partial charge in [0.1, 0.15) is 23.3 Å². The van der Waals surface area contributed by atoms with Crippen molar-refractivity contribution in [2.45, 2.75) is 88.5 Å². The molecule has 0 bridgehead atoms. The molecule has 1 saturated heterocycles. The third kappa shape index (κ3) is 6.21. The SMILES string of the molecule is C=C[C@@H]1C[C@]1(NC(=O)[C@@H]1C[C@@H](N2Cc3cccc4cccc(c34)C2)CN1C(=O)[C@@H](NC(=O)c1ccc[nH]1)C(C)(C)C)C(=O)NS(=O)(=O)C1CC1. The van der Waals surface area contributed by atoms with Crippen molar-refractivity contribution in [3.05, 3.63) is 84.2 Å². The molecule has 264 valence electrons. The molecule has 3 aromatic rings. The number of carbonyl (C=O) groups excluding carboxylic acids is 4. The number of H-pyrrole nitrogens is 1. The van der Waals surface area contributed by atoms with Crippen molar-refractivity contribution < 1.29 is 27.6 Å². The minimum absolute atomic E-state index is 0.197. The van der Waals surface area contributed by atoms with Gasteiger partial charge >= 0.3 is 0 Å². The zero-order chi connectivity index (χ0) is 35.6. The normalized spacial score (nSPS) is 25.5. The van der Waals surface area contributed by atoms with Gasteiger partial charge in [0, 0.05) is 37.8 Å². The summed E-state index contributed by atoms with van der Waals surface area (Å²) in [5.41, 5.74) is 0.430. The van der Waals surface area contributed by atoms with Crippen LogP contribution in [0.2, 0.25) is 0 Å². The molecule has 5 atom stereocenters. The topological polar surface area (TPSA) is 161 Å². The summed E-state index contributed by atoms with van der Waals surface area (Å²) >= 11 is 0. The number of aromatic amines is 1. The Kier molecular flexibility index (Phi) is 8.41. The molecule has 12 nitrogen and oxygen atoms in total.